The Morgan fingerprint density at radius 2 is 1.56 bits per heavy atom. The van der Waals surface area contributed by atoms with E-state index >= 15 is 0 Å². The molecule has 3 N–H and O–H groups in total. The largest absolute Gasteiger partial charge is 0.344 e. The maximum atomic E-state index is 12.1. The normalized spacial score (nSPS) is 8.22. The highest BCUT2D eigenvalue weighted by Crippen LogP contribution is 1.98. The first kappa shape index (κ1) is 8.11. The van der Waals surface area contributed by atoms with Crippen LogP contribution in [0, 0.1) is 12.7 Å². The fourth-order valence-corrected chi connectivity index (χ4v) is 0.533. The topological polar surface area (TPSA) is 35.0 Å². The van der Waals surface area contributed by atoms with E-state index in [0.717, 1.165) is 5.56 Å². The zero-order valence-corrected chi connectivity index (χ0v) is 5.39. The molecule has 2 heteroatoms. The zero-order valence-electron chi connectivity index (χ0n) is 5.39. The van der Waals surface area contributed by atoms with Crippen LogP contribution < -0.4 is 6.15 Å². The van der Waals surface area contributed by atoms with Crippen LogP contribution in [0.4, 0.5) is 4.39 Å². The Balaban J connectivity index is 0.000000640. The van der Waals surface area contributed by atoms with Gasteiger partial charge >= 0.3 is 0 Å². The molecular formula is C7H10FN. The lowest BCUT2D eigenvalue weighted by atomic mass is 10.2. The monoisotopic (exact) mass is 127 g/mol. The fourth-order valence-electron chi connectivity index (χ4n) is 0.533. The van der Waals surface area contributed by atoms with Gasteiger partial charge in [0, 0.05) is 0 Å². The number of aryl methyl sites for hydroxylation is 1. The lowest BCUT2D eigenvalue weighted by Gasteiger charge is -1.87. The van der Waals surface area contributed by atoms with Crippen LogP contribution in [-0.4, -0.2) is 0 Å². The molecule has 0 saturated carbocycles. The second-order valence-corrected chi connectivity index (χ2v) is 1.80. The van der Waals surface area contributed by atoms with Gasteiger partial charge in [0.2, 0.25) is 0 Å². The van der Waals surface area contributed by atoms with E-state index in [1.807, 2.05) is 6.92 Å². The van der Waals surface area contributed by atoms with E-state index in [-0.39, 0.29) is 12.0 Å². The highest BCUT2D eigenvalue weighted by Gasteiger charge is 1.83. The summed E-state index contributed by atoms with van der Waals surface area (Å²) in [7, 11) is 0. The van der Waals surface area contributed by atoms with Crippen LogP contribution in [0.15, 0.2) is 24.3 Å². The van der Waals surface area contributed by atoms with Crippen molar-refractivity contribution in [3.8, 4) is 0 Å². The molecule has 9 heavy (non-hydrogen) atoms. The van der Waals surface area contributed by atoms with Crippen molar-refractivity contribution >= 4 is 0 Å². The molecule has 0 amide bonds. The Morgan fingerprint density at radius 3 is 1.89 bits per heavy atom. The van der Waals surface area contributed by atoms with Crippen LogP contribution in [0.25, 0.3) is 0 Å². The van der Waals surface area contributed by atoms with E-state index in [4.69, 9.17) is 0 Å². The molecule has 0 aliphatic carbocycles. The predicted octanol–water partition coefficient (Wildman–Crippen LogP) is 2.30. The van der Waals surface area contributed by atoms with Gasteiger partial charge in [-0.2, -0.15) is 0 Å². The van der Waals surface area contributed by atoms with Crippen molar-refractivity contribution in [1.82, 2.24) is 6.15 Å². The minimum Gasteiger partial charge on any atom is -0.344 e. The standard InChI is InChI=1S/C7H7F.H3N/c1-6-2-4-7(8)5-3-6;/h2-5H,1H3;1H3. The van der Waals surface area contributed by atoms with Gasteiger partial charge in [-0.15, -0.1) is 0 Å². The first-order valence-electron chi connectivity index (χ1n) is 2.51. The molecule has 0 bridgehead atoms. The Bertz CT molecular complexity index is 148. The molecule has 1 nitrogen and oxygen atoms in total. The maximum absolute atomic E-state index is 12.1. The fraction of sp³-hybridized carbons (Fsp3) is 0.143. The molecule has 0 aromatic heterocycles. The van der Waals surface area contributed by atoms with Gasteiger partial charge in [-0.25, -0.2) is 4.39 Å². The first-order valence-corrected chi connectivity index (χ1v) is 2.51. The molecule has 0 radical (unpaired) electrons. The van der Waals surface area contributed by atoms with E-state index < -0.39 is 0 Å². The maximum Gasteiger partial charge on any atom is 0.123 e. The average molecular weight is 127 g/mol. The lowest BCUT2D eigenvalue weighted by molar-refractivity contribution is 0.627. The van der Waals surface area contributed by atoms with E-state index in [1.54, 1.807) is 12.1 Å². The van der Waals surface area contributed by atoms with Crippen LogP contribution in [0.5, 0.6) is 0 Å². The molecule has 0 atom stereocenters. The summed E-state index contributed by atoms with van der Waals surface area (Å²) in [5.74, 6) is -0.171. The molecular weight excluding hydrogens is 117 g/mol. The molecule has 0 spiro atoms. The average Bonchev–Trinajstić information content (AvgIpc) is 1.77. The van der Waals surface area contributed by atoms with E-state index in [9.17, 15) is 4.39 Å². The van der Waals surface area contributed by atoms with Crippen molar-refractivity contribution in [3.63, 3.8) is 0 Å². The van der Waals surface area contributed by atoms with Crippen LogP contribution in [0.3, 0.4) is 0 Å². The molecule has 0 aliphatic rings. The number of rotatable bonds is 0. The van der Waals surface area contributed by atoms with Gasteiger partial charge in [-0.3, -0.25) is 0 Å². The summed E-state index contributed by atoms with van der Waals surface area (Å²) >= 11 is 0. The highest BCUT2D eigenvalue weighted by molar-refractivity contribution is 5.13. The van der Waals surface area contributed by atoms with Gasteiger partial charge in [-0.05, 0) is 19.1 Å². The summed E-state index contributed by atoms with van der Waals surface area (Å²) < 4.78 is 12.1. The summed E-state index contributed by atoms with van der Waals surface area (Å²) in [6, 6.07) is 6.40. The number of hydrogen-bond donors (Lipinski definition) is 1. The summed E-state index contributed by atoms with van der Waals surface area (Å²) in [6.45, 7) is 1.93. The molecule has 1 aromatic rings. The number of hydrogen-bond acceptors (Lipinski definition) is 1. The van der Waals surface area contributed by atoms with Crippen molar-refractivity contribution in [2.45, 2.75) is 6.92 Å². The minimum atomic E-state index is -0.171. The zero-order chi connectivity index (χ0) is 5.98. The number of halogens is 1. The van der Waals surface area contributed by atoms with Gasteiger partial charge in [0.1, 0.15) is 5.82 Å². The predicted molar refractivity (Wildman–Crippen MR) is 36.2 cm³/mol. The summed E-state index contributed by atoms with van der Waals surface area (Å²) in [4.78, 5) is 0. The molecule has 0 aliphatic heterocycles. The van der Waals surface area contributed by atoms with Crippen molar-refractivity contribution in [3.05, 3.63) is 35.6 Å². The van der Waals surface area contributed by atoms with Gasteiger partial charge in [0.25, 0.3) is 0 Å². The second-order valence-electron chi connectivity index (χ2n) is 1.80. The molecule has 1 rings (SSSR count). The van der Waals surface area contributed by atoms with Crippen LogP contribution in [-0.2, 0) is 0 Å². The quantitative estimate of drug-likeness (QED) is 0.570. The van der Waals surface area contributed by atoms with Crippen LogP contribution in [0.2, 0.25) is 0 Å². The molecule has 0 fully saturated rings. The van der Waals surface area contributed by atoms with Crippen molar-refractivity contribution < 1.29 is 4.39 Å². The van der Waals surface area contributed by atoms with E-state index in [2.05, 4.69) is 0 Å². The SMILES string of the molecule is Cc1ccc(F)cc1.N. The van der Waals surface area contributed by atoms with Gasteiger partial charge in [0.05, 0.1) is 0 Å². The molecule has 1 aromatic carbocycles. The molecule has 0 heterocycles. The number of benzene rings is 1. The second kappa shape index (κ2) is 3.20. The van der Waals surface area contributed by atoms with Gasteiger partial charge < -0.3 is 6.15 Å². The molecule has 50 valence electrons. The van der Waals surface area contributed by atoms with E-state index in [1.165, 1.54) is 12.1 Å². The Morgan fingerprint density at radius 1 is 1.11 bits per heavy atom. The lowest BCUT2D eigenvalue weighted by Crippen LogP contribution is -1.71. The van der Waals surface area contributed by atoms with Gasteiger partial charge in [-0.1, -0.05) is 17.7 Å². The highest BCUT2D eigenvalue weighted by atomic mass is 19.1. The van der Waals surface area contributed by atoms with Crippen molar-refractivity contribution in [2.75, 3.05) is 0 Å². The summed E-state index contributed by atoms with van der Waals surface area (Å²) in [6.07, 6.45) is 0. The van der Waals surface area contributed by atoms with Crippen molar-refractivity contribution in [2.24, 2.45) is 0 Å². The first-order chi connectivity index (χ1) is 3.79. The minimum absolute atomic E-state index is 0. The Labute approximate surface area is 54.1 Å². The third-order valence-corrected chi connectivity index (χ3v) is 1.01. The van der Waals surface area contributed by atoms with Crippen LogP contribution in [0.1, 0.15) is 5.56 Å². The molecule has 0 saturated heterocycles. The van der Waals surface area contributed by atoms with Crippen molar-refractivity contribution in [1.29, 1.82) is 0 Å². The molecule has 0 unspecified atom stereocenters. The smallest absolute Gasteiger partial charge is 0.123 e. The Kier molecular flexibility index (Phi) is 2.88. The summed E-state index contributed by atoms with van der Waals surface area (Å²) in [5.41, 5.74) is 1.09. The van der Waals surface area contributed by atoms with Crippen LogP contribution >= 0.6 is 0 Å². The van der Waals surface area contributed by atoms with Gasteiger partial charge in [0.15, 0.2) is 0 Å². The van der Waals surface area contributed by atoms with E-state index in [0.29, 0.717) is 0 Å². The summed E-state index contributed by atoms with van der Waals surface area (Å²) in [5, 5.41) is 0. The Hall–Kier alpha value is -0.890. The third-order valence-electron chi connectivity index (χ3n) is 1.01. The third kappa shape index (κ3) is 2.24.